The Morgan fingerprint density at radius 2 is 1.75 bits per heavy atom. The number of piperidine rings is 1. The van der Waals surface area contributed by atoms with E-state index in [0.717, 1.165) is 27.9 Å². The number of carbonyl (C=O) groups excluding carboxylic acids is 3. The fourth-order valence-electron chi connectivity index (χ4n) is 4.73. The number of rotatable bonds is 4. The molecule has 3 amide bonds. The van der Waals surface area contributed by atoms with Crippen LogP contribution in [0, 0.1) is 0 Å². The van der Waals surface area contributed by atoms with Crippen LogP contribution in [0.1, 0.15) is 34.3 Å². The number of hydrogen-bond donors (Lipinski definition) is 2. The zero-order valence-corrected chi connectivity index (χ0v) is 18.3. The van der Waals surface area contributed by atoms with Crippen molar-refractivity contribution in [2.45, 2.75) is 24.7 Å². The molecule has 7 heteroatoms. The second-order valence-electron chi connectivity index (χ2n) is 8.43. The highest BCUT2D eigenvalue weighted by atomic mass is 32.1. The molecule has 0 aliphatic carbocycles. The molecule has 6 nitrogen and oxygen atoms in total. The summed E-state index contributed by atoms with van der Waals surface area (Å²) in [6, 6.07) is 15.1. The Bertz CT molecular complexity index is 1190. The summed E-state index contributed by atoms with van der Waals surface area (Å²) in [7, 11) is 0. The van der Waals surface area contributed by atoms with Crippen LogP contribution >= 0.6 is 11.3 Å². The topological polar surface area (TPSA) is 92.5 Å². The van der Waals surface area contributed by atoms with Gasteiger partial charge in [-0.1, -0.05) is 18.2 Å². The third-order valence-corrected chi connectivity index (χ3v) is 7.36. The van der Waals surface area contributed by atoms with Gasteiger partial charge in [-0.05, 0) is 76.2 Å². The summed E-state index contributed by atoms with van der Waals surface area (Å²) in [6.45, 7) is 1.13. The first kappa shape index (κ1) is 20.5. The Hall–Kier alpha value is -3.45. The standard InChI is InChI=1S/C25H23N3O3S/c26-23(30)18-3-1-17(2-4-18)19-5-6-21-20(14-19)25(24(31)27-21)8-10-28(11-9-25)22(29)13-16-7-12-32-15-16/h1-7,12,14-15H,8-11,13H2,(H2,26,30)(H,27,31). The van der Waals surface area contributed by atoms with Gasteiger partial charge in [-0.25, -0.2) is 0 Å². The highest BCUT2D eigenvalue weighted by molar-refractivity contribution is 7.08. The van der Waals surface area contributed by atoms with Gasteiger partial charge in [-0.2, -0.15) is 11.3 Å². The molecule has 0 radical (unpaired) electrons. The Morgan fingerprint density at radius 3 is 2.41 bits per heavy atom. The molecule has 0 bridgehead atoms. The van der Waals surface area contributed by atoms with E-state index in [-0.39, 0.29) is 11.8 Å². The lowest BCUT2D eigenvalue weighted by molar-refractivity contribution is -0.134. The number of carbonyl (C=O) groups is 3. The van der Waals surface area contributed by atoms with Crippen molar-refractivity contribution in [1.82, 2.24) is 4.90 Å². The molecule has 162 valence electrons. The zero-order valence-electron chi connectivity index (χ0n) is 17.5. The van der Waals surface area contributed by atoms with E-state index in [4.69, 9.17) is 5.73 Å². The van der Waals surface area contributed by atoms with Crippen LogP contribution < -0.4 is 11.1 Å². The van der Waals surface area contributed by atoms with Crippen molar-refractivity contribution in [3.05, 3.63) is 76.0 Å². The number of hydrogen-bond acceptors (Lipinski definition) is 4. The Morgan fingerprint density at radius 1 is 1.03 bits per heavy atom. The van der Waals surface area contributed by atoms with Gasteiger partial charge in [0.2, 0.25) is 17.7 Å². The first-order chi connectivity index (χ1) is 15.5. The molecule has 3 aromatic rings. The van der Waals surface area contributed by atoms with E-state index in [9.17, 15) is 14.4 Å². The van der Waals surface area contributed by atoms with Crippen LogP contribution in [0.3, 0.4) is 0 Å². The van der Waals surface area contributed by atoms with Gasteiger partial charge in [0.25, 0.3) is 0 Å². The van der Waals surface area contributed by atoms with Crippen molar-refractivity contribution in [3.63, 3.8) is 0 Å². The van der Waals surface area contributed by atoms with E-state index in [2.05, 4.69) is 11.4 Å². The molecular weight excluding hydrogens is 422 g/mol. The Balaban J connectivity index is 1.38. The van der Waals surface area contributed by atoms with Gasteiger partial charge in [0.15, 0.2) is 0 Å². The maximum Gasteiger partial charge on any atom is 0.248 e. The molecule has 1 spiro atoms. The summed E-state index contributed by atoms with van der Waals surface area (Å²) in [5, 5.41) is 7.02. The molecule has 32 heavy (non-hydrogen) atoms. The molecular formula is C25H23N3O3S. The number of anilines is 1. The van der Waals surface area contributed by atoms with Crippen molar-refractivity contribution < 1.29 is 14.4 Å². The second-order valence-corrected chi connectivity index (χ2v) is 9.21. The van der Waals surface area contributed by atoms with E-state index < -0.39 is 11.3 Å². The number of benzene rings is 2. The number of primary amides is 1. The molecule has 1 aromatic heterocycles. The lowest BCUT2D eigenvalue weighted by atomic mass is 9.73. The van der Waals surface area contributed by atoms with E-state index in [1.54, 1.807) is 23.5 Å². The van der Waals surface area contributed by atoms with Crippen molar-refractivity contribution in [1.29, 1.82) is 0 Å². The van der Waals surface area contributed by atoms with Crippen LogP contribution in [0.2, 0.25) is 0 Å². The SMILES string of the molecule is NC(=O)c1ccc(-c2ccc3c(c2)C2(CCN(C(=O)Cc4ccsc4)CC2)C(=O)N3)cc1. The van der Waals surface area contributed by atoms with Gasteiger partial charge < -0.3 is 16.0 Å². The quantitative estimate of drug-likeness (QED) is 0.643. The number of nitrogens with zero attached hydrogens (tertiary/aromatic N) is 1. The van der Waals surface area contributed by atoms with Gasteiger partial charge in [0.1, 0.15) is 0 Å². The highest BCUT2D eigenvalue weighted by Crippen LogP contribution is 2.46. The van der Waals surface area contributed by atoms with Crippen LogP contribution in [-0.2, 0) is 21.4 Å². The van der Waals surface area contributed by atoms with Gasteiger partial charge in [0, 0.05) is 24.3 Å². The summed E-state index contributed by atoms with van der Waals surface area (Å²) in [5.74, 6) is -0.335. The van der Waals surface area contributed by atoms with Crippen LogP contribution in [0.25, 0.3) is 11.1 Å². The summed E-state index contributed by atoms with van der Waals surface area (Å²) >= 11 is 1.59. The van der Waals surface area contributed by atoms with Crippen molar-refractivity contribution in [2.75, 3.05) is 18.4 Å². The molecule has 2 aromatic carbocycles. The van der Waals surface area contributed by atoms with Crippen LogP contribution in [-0.4, -0.2) is 35.7 Å². The first-order valence-electron chi connectivity index (χ1n) is 10.6. The van der Waals surface area contributed by atoms with E-state index in [1.165, 1.54) is 0 Å². The van der Waals surface area contributed by atoms with Crippen LogP contribution in [0.4, 0.5) is 5.69 Å². The van der Waals surface area contributed by atoms with E-state index in [0.29, 0.717) is 37.9 Å². The molecule has 2 aliphatic heterocycles. The summed E-state index contributed by atoms with van der Waals surface area (Å²) in [5.41, 5.74) is 9.99. The molecule has 0 unspecified atom stereocenters. The Kier molecular flexibility index (Phi) is 5.06. The fraction of sp³-hybridized carbons (Fsp3) is 0.240. The fourth-order valence-corrected chi connectivity index (χ4v) is 5.40. The average molecular weight is 446 g/mol. The predicted octanol–water partition coefficient (Wildman–Crippen LogP) is 3.57. The maximum atomic E-state index is 13.0. The minimum atomic E-state index is -0.613. The summed E-state index contributed by atoms with van der Waals surface area (Å²) in [6.07, 6.45) is 1.61. The number of thiophene rings is 1. The molecule has 3 heterocycles. The number of nitrogens with two attached hydrogens (primary N) is 1. The largest absolute Gasteiger partial charge is 0.366 e. The normalized spacial score (nSPS) is 16.6. The molecule has 3 N–H and O–H groups in total. The zero-order chi connectivity index (χ0) is 22.3. The number of amides is 3. The third-order valence-electron chi connectivity index (χ3n) is 6.63. The monoisotopic (exact) mass is 445 g/mol. The maximum absolute atomic E-state index is 13.0. The molecule has 1 fully saturated rings. The van der Waals surface area contributed by atoms with Crippen LogP contribution in [0.5, 0.6) is 0 Å². The molecule has 2 aliphatic rings. The number of likely N-dealkylation sites (tertiary alicyclic amines) is 1. The Labute approximate surface area is 190 Å². The summed E-state index contributed by atoms with van der Waals surface area (Å²) in [4.78, 5) is 39.0. The van der Waals surface area contributed by atoms with E-state index in [1.807, 2.05) is 46.0 Å². The minimum Gasteiger partial charge on any atom is -0.366 e. The van der Waals surface area contributed by atoms with Crippen molar-refractivity contribution in [3.8, 4) is 11.1 Å². The number of fused-ring (bicyclic) bond motifs is 2. The van der Waals surface area contributed by atoms with Gasteiger partial charge in [-0.15, -0.1) is 0 Å². The van der Waals surface area contributed by atoms with Crippen molar-refractivity contribution >= 4 is 34.7 Å². The lowest BCUT2D eigenvalue weighted by Crippen LogP contribution is -2.48. The van der Waals surface area contributed by atoms with Gasteiger partial charge in [0.05, 0.1) is 11.8 Å². The van der Waals surface area contributed by atoms with Crippen LogP contribution in [0.15, 0.2) is 59.3 Å². The minimum absolute atomic E-state index is 0.0126. The van der Waals surface area contributed by atoms with E-state index >= 15 is 0 Å². The summed E-state index contributed by atoms with van der Waals surface area (Å²) < 4.78 is 0. The third kappa shape index (κ3) is 3.48. The highest BCUT2D eigenvalue weighted by Gasteiger charge is 2.49. The van der Waals surface area contributed by atoms with Crippen molar-refractivity contribution in [2.24, 2.45) is 5.73 Å². The smallest absolute Gasteiger partial charge is 0.248 e. The van der Waals surface area contributed by atoms with Gasteiger partial charge >= 0.3 is 0 Å². The number of nitrogens with one attached hydrogen (secondary N) is 1. The predicted molar refractivity (Wildman–Crippen MR) is 125 cm³/mol. The molecule has 0 saturated carbocycles. The molecule has 5 rings (SSSR count). The lowest BCUT2D eigenvalue weighted by Gasteiger charge is -2.38. The molecule has 0 atom stereocenters. The second kappa shape index (κ2) is 7.91. The molecule has 1 saturated heterocycles. The average Bonchev–Trinajstić information content (AvgIpc) is 3.41. The van der Waals surface area contributed by atoms with Gasteiger partial charge in [-0.3, -0.25) is 14.4 Å². The first-order valence-corrected chi connectivity index (χ1v) is 11.6.